The minimum absolute atomic E-state index is 0.358. The van der Waals surface area contributed by atoms with E-state index in [0.717, 1.165) is 12.0 Å². The van der Waals surface area contributed by atoms with Gasteiger partial charge < -0.3 is 10.3 Å². The minimum Gasteiger partial charge on any atom is -0.339 e. The quantitative estimate of drug-likeness (QED) is 0.896. The van der Waals surface area contributed by atoms with Crippen LogP contribution in [0.25, 0.3) is 11.4 Å². The number of hydrogen-bond donors (Lipinski definition) is 1. The minimum atomic E-state index is 0.358. The van der Waals surface area contributed by atoms with Gasteiger partial charge in [0, 0.05) is 12.0 Å². The van der Waals surface area contributed by atoms with Gasteiger partial charge in [-0.2, -0.15) is 4.98 Å². The lowest BCUT2D eigenvalue weighted by Gasteiger charge is -2.04. The van der Waals surface area contributed by atoms with Gasteiger partial charge in [-0.05, 0) is 23.9 Å². The van der Waals surface area contributed by atoms with Crippen LogP contribution >= 0.6 is 0 Å². The van der Waals surface area contributed by atoms with Gasteiger partial charge in [0.25, 0.3) is 0 Å². The number of nitrogens with two attached hydrogens (primary N) is 1. The van der Waals surface area contributed by atoms with E-state index in [0.29, 0.717) is 30.1 Å². The first-order chi connectivity index (χ1) is 9.10. The summed E-state index contributed by atoms with van der Waals surface area (Å²) in [5.74, 6) is 2.19. The first-order valence-corrected chi connectivity index (χ1v) is 6.73. The van der Waals surface area contributed by atoms with E-state index in [-0.39, 0.29) is 0 Å². The first kappa shape index (κ1) is 13.7. The van der Waals surface area contributed by atoms with Crippen molar-refractivity contribution in [1.29, 1.82) is 0 Å². The van der Waals surface area contributed by atoms with Crippen molar-refractivity contribution in [2.24, 2.45) is 11.7 Å². The zero-order valence-corrected chi connectivity index (χ0v) is 11.8. The van der Waals surface area contributed by atoms with E-state index in [1.807, 2.05) is 12.1 Å². The van der Waals surface area contributed by atoms with Crippen LogP contribution in [0.4, 0.5) is 0 Å². The van der Waals surface area contributed by atoms with Gasteiger partial charge >= 0.3 is 0 Å². The summed E-state index contributed by atoms with van der Waals surface area (Å²) in [6.45, 7) is 7.05. The molecule has 2 rings (SSSR count). The molecule has 0 saturated carbocycles. The highest BCUT2D eigenvalue weighted by molar-refractivity contribution is 5.54. The molecule has 2 N–H and O–H groups in total. The summed E-state index contributed by atoms with van der Waals surface area (Å²) in [5.41, 5.74) is 7.89. The molecule has 102 valence electrons. The number of benzene rings is 1. The van der Waals surface area contributed by atoms with Crippen molar-refractivity contribution in [2.75, 3.05) is 6.54 Å². The summed E-state index contributed by atoms with van der Waals surface area (Å²) in [4.78, 5) is 4.41. The smallest absolute Gasteiger partial charge is 0.227 e. The van der Waals surface area contributed by atoms with Gasteiger partial charge in [-0.1, -0.05) is 50.2 Å². The summed E-state index contributed by atoms with van der Waals surface area (Å²) in [5, 5.41) is 4.02. The Hall–Kier alpha value is -1.68. The zero-order valence-electron chi connectivity index (χ0n) is 11.8. The molecule has 0 aliphatic heterocycles. The molecule has 0 bridgehead atoms. The van der Waals surface area contributed by atoms with Gasteiger partial charge in [0.1, 0.15) is 0 Å². The van der Waals surface area contributed by atoms with E-state index in [2.05, 4.69) is 43.0 Å². The topological polar surface area (TPSA) is 64.9 Å². The van der Waals surface area contributed by atoms with Crippen LogP contribution in [0.5, 0.6) is 0 Å². The Morgan fingerprint density at radius 3 is 2.42 bits per heavy atom. The van der Waals surface area contributed by atoms with Crippen LogP contribution in [-0.2, 0) is 6.42 Å². The van der Waals surface area contributed by atoms with Crippen molar-refractivity contribution < 1.29 is 4.52 Å². The van der Waals surface area contributed by atoms with Gasteiger partial charge in [-0.3, -0.25) is 0 Å². The van der Waals surface area contributed by atoms with Crippen molar-refractivity contribution in [3.8, 4) is 11.4 Å². The van der Waals surface area contributed by atoms with Crippen LogP contribution in [0.3, 0.4) is 0 Å². The van der Waals surface area contributed by atoms with Crippen molar-refractivity contribution in [3.05, 3.63) is 35.7 Å². The molecule has 1 unspecified atom stereocenters. The molecule has 0 fully saturated rings. The van der Waals surface area contributed by atoms with Crippen molar-refractivity contribution in [1.82, 2.24) is 10.1 Å². The van der Waals surface area contributed by atoms with Crippen LogP contribution in [0.2, 0.25) is 0 Å². The van der Waals surface area contributed by atoms with Crippen molar-refractivity contribution in [3.63, 3.8) is 0 Å². The Morgan fingerprint density at radius 2 is 1.84 bits per heavy atom. The SMILES string of the molecule is CC(CN)Cc1nc(-c2ccc(C(C)C)cc2)no1. The summed E-state index contributed by atoms with van der Waals surface area (Å²) < 4.78 is 5.25. The lowest BCUT2D eigenvalue weighted by Crippen LogP contribution is -2.13. The van der Waals surface area contributed by atoms with E-state index in [4.69, 9.17) is 10.3 Å². The van der Waals surface area contributed by atoms with Crippen LogP contribution in [0.15, 0.2) is 28.8 Å². The molecular weight excluding hydrogens is 238 g/mol. The highest BCUT2D eigenvalue weighted by atomic mass is 16.5. The Bertz CT molecular complexity index is 516. The highest BCUT2D eigenvalue weighted by Gasteiger charge is 2.11. The van der Waals surface area contributed by atoms with Crippen LogP contribution in [-0.4, -0.2) is 16.7 Å². The summed E-state index contributed by atoms with van der Waals surface area (Å²) in [6.07, 6.45) is 0.730. The van der Waals surface area contributed by atoms with Gasteiger partial charge in [0.15, 0.2) is 0 Å². The molecule has 0 saturated heterocycles. The summed E-state index contributed by atoms with van der Waals surface area (Å²) in [7, 11) is 0. The second-order valence-electron chi connectivity index (χ2n) is 5.33. The molecule has 1 heterocycles. The zero-order chi connectivity index (χ0) is 13.8. The number of aromatic nitrogens is 2. The lowest BCUT2D eigenvalue weighted by molar-refractivity contribution is 0.360. The molecule has 0 aliphatic rings. The summed E-state index contributed by atoms with van der Waals surface area (Å²) in [6, 6.07) is 8.30. The molecule has 1 aromatic heterocycles. The third-order valence-corrected chi connectivity index (χ3v) is 3.23. The standard InChI is InChI=1S/C15H21N3O/c1-10(2)12-4-6-13(7-5-12)15-17-14(19-18-15)8-11(3)9-16/h4-7,10-11H,8-9,16H2,1-3H3. The van der Waals surface area contributed by atoms with Gasteiger partial charge in [-0.15, -0.1) is 0 Å². The van der Waals surface area contributed by atoms with Crippen molar-refractivity contribution >= 4 is 0 Å². The fourth-order valence-electron chi connectivity index (χ4n) is 1.85. The van der Waals surface area contributed by atoms with Crippen LogP contribution in [0, 0.1) is 5.92 Å². The highest BCUT2D eigenvalue weighted by Crippen LogP contribution is 2.21. The van der Waals surface area contributed by atoms with Gasteiger partial charge in [0.05, 0.1) is 0 Å². The van der Waals surface area contributed by atoms with Crippen LogP contribution in [0.1, 0.15) is 38.1 Å². The largest absolute Gasteiger partial charge is 0.339 e. The Labute approximate surface area is 114 Å². The third-order valence-electron chi connectivity index (χ3n) is 3.23. The number of rotatable bonds is 5. The average molecular weight is 259 g/mol. The Kier molecular flexibility index (Phi) is 4.32. The molecular formula is C15H21N3O. The molecule has 0 aliphatic carbocycles. The van der Waals surface area contributed by atoms with E-state index in [1.54, 1.807) is 0 Å². The normalized spacial score (nSPS) is 12.9. The maximum absolute atomic E-state index is 5.59. The summed E-state index contributed by atoms with van der Waals surface area (Å²) >= 11 is 0. The molecule has 0 spiro atoms. The molecule has 4 heteroatoms. The van der Waals surface area contributed by atoms with E-state index in [1.165, 1.54) is 5.56 Å². The maximum Gasteiger partial charge on any atom is 0.227 e. The molecule has 2 aromatic rings. The van der Waals surface area contributed by atoms with E-state index in [9.17, 15) is 0 Å². The lowest BCUT2D eigenvalue weighted by atomic mass is 10.0. The fourth-order valence-corrected chi connectivity index (χ4v) is 1.85. The predicted molar refractivity (Wildman–Crippen MR) is 75.7 cm³/mol. The molecule has 1 aromatic carbocycles. The molecule has 1 atom stereocenters. The Morgan fingerprint density at radius 1 is 1.16 bits per heavy atom. The second kappa shape index (κ2) is 5.97. The van der Waals surface area contributed by atoms with Crippen LogP contribution < -0.4 is 5.73 Å². The van der Waals surface area contributed by atoms with Gasteiger partial charge in [0.2, 0.25) is 11.7 Å². The first-order valence-electron chi connectivity index (χ1n) is 6.73. The number of nitrogens with zero attached hydrogens (tertiary/aromatic N) is 2. The molecule has 0 amide bonds. The second-order valence-corrected chi connectivity index (χ2v) is 5.33. The Balaban J connectivity index is 2.13. The predicted octanol–water partition coefficient (Wildman–Crippen LogP) is 3.00. The molecule has 0 radical (unpaired) electrons. The molecule has 4 nitrogen and oxygen atoms in total. The van der Waals surface area contributed by atoms with E-state index < -0.39 is 0 Å². The van der Waals surface area contributed by atoms with E-state index >= 15 is 0 Å². The van der Waals surface area contributed by atoms with Gasteiger partial charge in [-0.25, -0.2) is 0 Å². The monoisotopic (exact) mass is 259 g/mol. The fraction of sp³-hybridized carbons (Fsp3) is 0.467. The van der Waals surface area contributed by atoms with Crippen molar-refractivity contribution in [2.45, 2.75) is 33.1 Å². The average Bonchev–Trinajstić information content (AvgIpc) is 2.87. The third kappa shape index (κ3) is 3.41. The molecule has 19 heavy (non-hydrogen) atoms. The maximum atomic E-state index is 5.59. The number of hydrogen-bond acceptors (Lipinski definition) is 4.